The highest BCUT2D eigenvalue weighted by Crippen LogP contribution is 2.30. The molecule has 1 heterocycles. The van der Waals surface area contributed by atoms with E-state index < -0.39 is 11.6 Å². The van der Waals surface area contributed by atoms with Gasteiger partial charge in [0.25, 0.3) is 5.91 Å². The smallest absolute Gasteiger partial charge is 0.254 e. The third-order valence-corrected chi connectivity index (χ3v) is 3.99. The van der Waals surface area contributed by atoms with Crippen molar-refractivity contribution >= 4 is 5.91 Å². The molecule has 1 aliphatic heterocycles. The van der Waals surface area contributed by atoms with Gasteiger partial charge in [0, 0.05) is 12.1 Å². The van der Waals surface area contributed by atoms with Gasteiger partial charge in [-0.1, -0.05) is 19.1 Å². The molecule has 1 aromatic carbocycles. The molecule has 0 aromatic heterocycles. The molecule has 1 unspecified atom stereocenters. The summed E-state index contributed by atoms with van der Waals surface area (Å²) in [4.78, 5) is 14.2. The van der Waals surface area contributed by atoms with Crippen LogP contribution in [0.1, 0.15) is 43.1 Å². The van der Waals surface area contributed by atoms with E-state index in [4.69, 9.17) is 0 Å². The van der Waals surface area contributed by atoms with Crippen LogP contribution < -0.4 is 0 Å². The zero-order valence-electron chi connectivity index (χ0n) is 11.3. The van der Waals surface area contributed by atoms with E-state index in [0.29, 0.717) is 18.5 Å². The number of likely N-dealkylation sites (tertiary alicyclic amines) is 1. The van der Waals surface area contributed by atoms with Gasteiger partial charge < -0.3 is 10.0 Å². The van der Waals surface area contributed by atoms with E-state index >= 15 is 0 Å². The number of nitrogens with zero attached hydrogens (tertiary/aromatic N) is 1. The molecule has 0 aliphatic carbocycles. The molecule has 0 saturated carbocycles. The summed E-state index contributed by atoms with van der Waals surface area (Å²) in [6.45, 7) is 6.56. The number of aryl methyl sites for hydroxylation is 1. The van der Waals surface area contributed by atoms with Crippen molar-refractivity contribution in [1.82, 2.24) is 4.90 Å². The number of aliphatic hydroxyl groups is 1. The second kappa shape index (κ2) is 4.73. The Morgan fingerprint density at radius 2 is 2.00 bits per heavy atom. The Balaban J connectivity index is 2.21. The molecule has 98 valence electrons. The molecule has 2 rings (SSSR count). The molecule has 1 saturated heterocycles. The van der Waals surface area contributed by atoms with Gasteiger partial charge in [-0.15, -0.1) is 0 Å². The van der Waals surface area contributed by atoms with E-state index in [1.165, 1.54) is 5.56 Å². The zero-order valence-corrected chi connectivity index (χ0v) is 11.3. The summed E-state index contributed by atoms with van der Waals surface area (Å²) >= 11 is 0. The lowest BCUT2D eigenvalue weighted by Crippen LogP contribution is -2.48. The van der Waals surface area contributed by atoms with E-state index in [1.807, 2.05) is 38.1 Å². The maximum atomic E-state index is 12.4. The molecule has 0 spiro atoms. The van der Waals surface area contributed by atoms with Crippen molar-refractivity contribution in [2.24, 2.45) is 0 Å². The van der Waals surface area contributed by atoms with Crippen LogP contribution in [0.2, 0.25) is 0 Å². The van der Waals surface area contributed by atoms with Crippen LogP contribution in [0.4, 0.5) is 0 Å². The van der Waals surface area contributed by atoms with Crippen LogP contribution in [0, 0.1) is 0 Å². The maximum absolute atomic E-state index is 12.4. The lowest BCUT2D eigenvalue weighted by Gasteiger charge is -2.33. The Morgan fingerprint density at radius 3 is 2.44 bits per heavy atom. The summed E-state index contributed by atoms with van der Waals surface area (Å²) in [7, 11) is 0. The van der Waals surface area contributed by atoms with Crippen LogP contribution in [-0.2, 0) is 6.42 Å². The summed E-state index contributed by atoms with van der Waals surface area (Å²) in [5.41, 5.74) is 1.46. The number of hydrogen-bond donors (Lipinski definition) is 1. The Hall–Kier alpha value is -1.35. The molecule has 1 fully saturated rings. The molecule has 1 aromatic rings. The number of carbonyl (C=O) groups excluding carboxylic acids is 1. The first-order valence-corrected chi connectivity index (χ1v) is 6.55. The summed E-state index contributed by atoms with van der Waals surface area (Å²) in [5, 5.41) is 9.91. The highest BCUT2D eigenvalue weighted by molar-refractivity contribution is 5.95. The van der Waals surface area contributed by atoms with Gasteiger partial charge in [0.05, 0.1) is 11.6 Å². The molecule has 1 N–H and O–H groups in total. The molecule has 1 atom stereocenters. The largest absolute Gasteiger partial charge is 0.391 e. The van der Waals surface area contributed by atoms with Crippen molar-refractivity contribution in [3.63, 3.8) is 0 Å². The van der Waals surface area contributed by atoms with Gasteiger partial charge in [0.15, 0.2) is 0 Å². The summed E-state index contributed by atoms with van der Waals surface area (Å²) in [6.07, 6.45) is 1.20. The van der Waals surface area contributed by atoms with Crippen molar-refractivity contribution in [1.29, 1.82) is 0 Å². The van der Waals surface area contributed by atoms with Crippen molar-refractivity contribution in [2.75, 3.05) is 6.54 Å². The zero-order chi connectivity index (χ0) is 13.3. The summed E-state index contributed by atoms with van der Waals surface area (Å²) in [5.74, 6) is 0.0132. The van der Waals surface area contributed by atoms with Gasteiger partial charge >= 0.3 is 0 Å². The van der Waals surface area contributed by atoms with Crippen LogP contribution in [0.15, 0.2) is 24.3 Å². The van der Waals surface area contributed by atoms with E-state index in [1.54, 1.807) is 4.90 Å². The molecule has 18 heavy (non-hydrogen) atoms. The predicted octanol–water partition coefficient (Wildman–Crippen LogP) is 2.23. The molecular weight excluding hydrogens is 226 g/mol. The quantitative estimate of drug-likeness (QED) is 0.870. The second-order valence-corrected chi connectivity index (χ2v) is 5.47. The number of benzene rings is 1. The number of aliphatic hydroxyl groups excluding tert-OH is 1. The number of hydrogen-bond acceptors (Lipinski definition) is 2. The van der Waals surface area contributed by atoms with Crippen LogP contribution in [0.5, 0.6) is 0 Å². The average Bonchev–Trinajstić information content (AvgIpc) is 2.63. The summed E-state index contributed by atoms with van der Waals surface area (Å²) < 4.78 is 0. The van der Waals surface area contributed by atoms with Crippen molar-refractivity contribution < 1.29 is 9.90 Å². The number of amides is 1. The first-order valence-electron chi connectivity index (χ1n) is 6.55. The minimum Gasteiger partial charge on any atom is -0.391 e. The van der Waals surface area contributed by atoms with Gasteiger partial charge in [-0.25, -0.2) is 0 Å². The Bertz CT molecular complexity index is 436. The standard InChI is InChI=1S/C15H21NO2/c1-4-11-5-7-12(8-6-11)14(18)16-10-9-13(17)15(16,2)3/h5-8,13,17H,4,9-10H2,1-3H3. The van der Waals surface area contributed by atoms with Crippen molar-refractivity contribution in [3.8, 4) is 0 Å². The van der Waals surface area contributed by atoms with Gasteiger partial charge in [0.1, 0.15) is 0 Å². The molecule has 3 nitrogen and oxygen atoms in total. The minimum absolute atomic E-state index is 0.0132. The Morgan fingerprint density at radius 1 is 1.39 bits per heavy atom. The molecular formula is C15H21NO2. The van der Waals surface area contributed by atoms with Crippen LogP contribution >= 0.6 is 0 Å². The van der Waals surface area contributed by atoms with Gasteiger partial charge in [-0.05, 0) is 44.4 Å². The lowest BCUT2D eigenvalue weighted by molar-refractivity contribution is 0.0394. The van der Waals surface area contributed by atoms with Gasteiger partial charge in [0.2, 0.25) is 0 Å². The van der Waals surface area contributed by atoms with E-state index in [2.05, 4.69) is 6.92 Å². The van der Waals surface area contributed by atoms with Gasteiger partial charge in [-0.2, -0.15) is 0 Å². The van der Waals surface area contributed by atoms with E-state index in [-0.39, 0.29) is 5.91 Å². The predicted molar refractivity (Wildman–Crippen MR) is 71.6 cm³/mol. The third-order valence-electron chi connectivity index (χ3n) is 3.99. The number of carbonyl (C=O) groups is 1. The first-order chi connectivity index (χ1) is 8.46. The van der Waals surface area contributed by atoms with Crippen LogP contribution in [-0.4, -0.2) is 34.1 Å². The normalized spacial score (nSPS) is 22.2. The highest BCUT2D eigenvalue weighted by Gasteiger charge is 2.42. The minimum atomic E-state index is -0.472. The highest BCUT2D eigenvalue weighted by atomic mass is 16.3. The Kier molecular flexibility index (Phi) is 3.44. The van der Waals surface area contributed by atoms with E-state index in [9.17, 15) is 9.90 Å². The second-order valence-electron chi connectivity index (χ2n) is 5.47. The summed E-state index contributed by atoms with van der Waals surface area (Å²) in [6, 6.07) is 7.74. The Labute approximate surface area is 108 Å². The van der Waals surface area contributed by atoms with E-state index in [0.717, 1.165) is 6.42 Å². The fraction of sp³-hybridized carbons (Fsp3) is 0.533. The van der Waals surface area contributed by atoms with Crippen LogP contribution in [0.3, 0.4) is 0 Å². The van der Waals surface area contributed by atoms with Crippen molar-refractivity contribution in [2.45, 2.75) is 45.3 Å². The van der Waals surface area contributed by atoms with Crippen molar-refractivity contribution in [3.05, 3.63) is 35.4 Å². The molecule has 1 aliphatic rings. The molecule has 1 amide bonds. The number of rotatable bonds is 2. The lowest BCUT2D eigenvalue weighted by atomic mass is 9.98. The third kappa shape index (κ3) is 2.15. The fourth-order valence-electron chi connectivity index (χ4n) is 2.47. The maximum Gasteiger partial charge on any atom is 0.254 e. The molecule has 0 bridgehead atoms. The monoisotopic (exact) mass is 247 g/mol. The average molecular weight is 247 g/mol. The topological polar surface area (TPSA) is 40.5 Å². The SMILES string of the molecule is CCc1ccc(C(=O)N2CCC(O)C2(C)C)cc1. The van der Waals surface area contributed by atoms with Gasteiger partial charge in [-0.3, -0.25) is 4.79 Å². The first kappa shape index (κ1) is 13.1. The molecule has 3 heteroatoms. The fourth-order valence-corrected chi connectivity index (χ4v) is 2.47. The van der Waals surface area contributed by atoms with Crippen LogP contribution in [0.25, 0.3) is 0 Å². The molecule has 0 radical (unpaired) electrons.